The number of nitrogens with zero attached hydrogens (tertiary/aromatic N) is 2. The lowest BCUT2D eigenvalue weighted by Gasteiger charge is -2.21. The van der Waals surface area contributed by atoms with Crippen LogP contribution in [0.1, 0.15) is 37.3 Å². The lowest BCUT2D eigenvalue weighted by Crippen LogP contribution is -2.09. The van der Waals surface area contributed by atoms with E-state index in [2.05, 4.69) is 88.1 Å². The number of aryl methyl sites for hydroxylation is 1. The summed E-state index contributed by atoms with van der Waals surface area (Å²) >= 11 is 3.69. The summed E-state index contributed by atoms with van der Waals surface area (Å²) in [7, 11) is 1.74. The molecule has 0 N–H and O–H groups in total. The van der Waals surface area contributed by atoms with E-state index < -0.39 is 0 Å². The van der Waals surface area contributed by atoms with Gasteiger partial charge in [0.05, 0.1) is 18.5 Å². The molecule has 0 radical (unpaired) electrons. The summed E-state index contributed by atoms with van der Waals surface area (Å²) in [5, 5.41) is 0. The monoisotopic (exact) mass is 486 g/mol. The van der Waals surface area contributed by atoms with Crippen LogP contribution in [0.5, 0.6) is 5.75 Å². The molecule has 1 saturated carbocycles. The van der Waals surface area contributed by atoms with Gasteiger partial charge in [0.2, 0.25) is 0 Å². The fourth-order valence-corrected chi connectivity index (χ4v) is 5.14. The Morgan fingerprint density at radius 3 is 2.31 bits per heavy atom. The van der Waals surface area contributed by atoms with Crippen molar-refractivity contribution in [3.8, 4) is 39.7 Å². The van der Waals surface area contributed by atoms with Crippen LogP contribution < -0.4 is 4.74 Å². The van der Waals surface area contributed by atoms with Crippen molar-refractivity contribution in [2.75, 3.05) is 7.11 Å². The summed E-state index contributed by atoms with van der Waals surface area (Å²) in [5.74, 6) is 1.90. The van der Waals surface area contributed by atoms with Crippen LogP contribution in [0.4, 0.5) is 0 Å². The molecule has 0 amide bonds. The normalized spacial score (nSPS) is 14.1. The highest BCUT2D eigenvalue weighted by Crippen LogP contribution is 2.45. The van der Waals surface area contributed by atoms with Gasteiger partial charge in [0, 0.05) is 27.2 Å². The second-order valence-corrected chi connectivity index (χ2v) is 9.43. The first kappa shape index (κ1) is 21.0. The Bertz CT molecular complexity index is 1220. The van der Waals surface area contributed by atoms with Gasteiger partial charge in [0.25, 0.3) is 0 Å². The Morgan fingerprint density at radius 2 is 1.62 bits per heavy atom. The Labute approximate surface area is 198 Å². The molecule has 1 aliphatic carbocycles. The van der Waals surface area contributed by atoms with Gasteiger partial charge in [-0.25, -0.2) is 4.98 Å². The van der Waals surface area contributed by atoms with Gasteiger partial charge in [-0.3, -0.25) is 0 Å². The highest BCUT2D eigenvalue weighted by atomic mass is 79.9. The third kappa shape index (κ3) is 3.88. The number of hydrogen-bond donors (Lipinski definition) is 0. The predicted octanol–water partition coefficient (Wildman–Crippen LogP) is 8.08. The molecular formula is C28H27BrN2O. The van der Waals surface area contributed by atoms with Crippen molar-refractivity contribution in [1.82, 2.24) is 9.55 Å². The summed E-state index contributed by atoms with van der Waals surface area (Å²) in [4.78, 5) is 5.30. The van der Waals surface area contributed by atoms with Crippen molar-refractivity contribution in [2.45, 2.75) is 38.6 Å². The van der Waals surface area contributed by atoms with Crippen LogP contribution in [-0.2, 0) is 0 Å². The summed E-state index contributed by atoms with van der Waals surface area (Å²) in [5.41, 5.74) is 6.74. The third-order valence-electron chi connectivity index (χ3n) is 6.37. The molecule has 0 unspecified atom stereocenters. The summed E-state index contributed by atoms with van der Waals surface area (Å²) in [6, 6.07) is 25.9. The van der Waals surface area contributed by atoms with Gasteiger partial charge in [-0.15, -0.1) is 0 Å². The molecule has 4 aromatic rings. The summed E-state index contributed by atoms with van der Waals surface area (Å²) in [6.45, 7) is 2.13. The molecule has 5 rings (SSSR count). The van der Waals surface area contributed by atoms with Crippen molar-refractivity contribution in [1.29, 1.82) is 0 Å². The quantitative estimate of drug-likeness (QED) is 0.285. The van der Waals surface area contributed by atoms with Gasteiger partial charge in [0.15, 0.2) is 0 Å². The molecule has 0 spiro atoms. The number of ether oxygens (including phenoxy) is 1. The van der Waals surface area contributed by atoms with Crippen LogP contribution in [0.15, 0.2) is 77.3 Å². The first-order chi connectivity index (χ1) is 15.7. The zero-order chi connectivity index (χ0) is 22.1. The Kier molecular flexibility index (Phi) is 5.88. The van der Waals surface area contributed by atoms with Gasteiger partial charge in [0.1, 0.15) is 11.6 Å². The van der Waals surface area contributed by atoms with Crippen LogP contribution in [-0.4, -0.2) is 16.7 Å². The van der Waals surface area contributed by atoms with Crippen molar-refractivity contribution >= 4 is 15.9 Å². The topological polar surface area (TPSA) is 27.1 Å². The Morgan fingerprint density at radius 1 is 0.906 bits per heavy atom. The molecule has 1 aliphatic rings. The van der Waals surface area contributed by atoms with E-state index in [1.54, 1.807) is 7.11 Å². The third-order valence-corrected chi connectivity index (χ3v) is 6.87. The first-order valence-electron chi connectivity index (χ1n) is 11.2. The minimum Gasteiger partial charge on any atom is -0.496 e. The summed E-state index contributed by atoms with van der Waals surface area (Å²) < 4.78 is 9.35. The molecule has 0 saturated heterocycles. The zero-order valence-corrected chi connectivity index (χ0v) is 20.1. The molecule has 3 aromatic carbocycles. The predicted molar refractivity (Wildman–Crippen MR) is 135 cm³/mol. The van der Waals surface area contributed by atoms with Gasteiger partial charge in [-0.05, 0) is 38.0 Å². The number of methoxy groups -OCH3 is 1. The standard InChI is InChI=1S/C28H27BrN2O/c1-19-12-14-21(15-13-19)28-30-26(20-8-4-3-5-9-20)27(31(28)23-10-6-7-11-23)24-18-22(29)16-17-25(24)32-2/h3-5,8-9,12-18,23H,6-7,10-11H2,1-2H3. The molecule has 32 heavy (non-hydrogen) atoms. The smallest absolute Gasteiger partial charge is 0.141 e. The lowest BCUT2D eigenvalue weighted by molar-refractivity contribution is 0.415. The maximum Gasteiger partial charge on any atom is 0.141 e. The number of benzene rings is 3. The first-order valence-corrected chi connectivity index (χ1v) is 12.0. The number of rotatable bonds is 5. The molecule has 0 aliphatic heterocycles. The van der Waals surface area contributed by atoms with E-state index >= 15 is 0 Å². The molecule has 1 heterocycles. The van der Waals surface area contributed by atoms with Gasteiger partial charge >= 0.3 is 0 Å². The number of imidazole rings is 1. The maximum absolute atomic E-state index is 5.83. The highest BCUT2D eigenvalue weighted by Gasteiger charge is 2.29. The van der Waals surface area contributed by atoms with E-state index in [0.29, 0.717) is 6.04 Å². The van der Waals surface area contributed by atoms with E-state index in [-0.39, 0.29) is 0 Å². The highest BCUT2D eigenvalue weighted by molar-refractivity contribution is 9.10. The number of aromatic nitrogens is 2. The summed E-state index contributed by atoms with van der Waals surface area (Å²) in [6.07, 6.45) is 4.86. The molecule has 3 nitrogen and oxygen atoms in total. The van der Waals surface area contributed by atoms with Crippen molar-refractivity contribution in [3.63, 3.8) is 0 Å². The van der Waals surface area contributed by atoms with E-state index in [9.17, 15) is 0 Å². The molecule has 0 atom stereocenters. The van der Waals surface area contributed by atoms with Crippen molar-refractivity contribution in [2.24, 2.45) is 0 Å². The zero-order valence-electron chi connectivity index (χ0n) is 18.5. The van der Waals surface area contributed by atoms with E-state index in [4.69, 9.17) is 9.72 Å². The Hall–Kier alpha value is -2.85. The van der Waals surface area contributed by atoms with Gasteiger partial charge in [-0.2, -0.15) is 0 Å². The SMILES string of the molecule is COc1ccc(Br)cc1-c1c(-c2ccccc2)nc(-c2ccc(C)cc2)n1C1CCCC1. The molecule has 0 bridgehead atoms. The Balaban J connectivity index is 1.86. The van der Waals surface area contributed by atoms with E-state index in [1.165, 1.54) is 31.2 Å². The van der Waals surface area contributed by atoms with Crippen LogP contribution in [0.2, 0.25) is 0 Å². The van der Waals surface area contributed by atoms with Crippen LogP contribution in [0, 0.1) is 6.92 Å². The minimum absolute atomic E-state index is 0.426. The van der Waals surface area contributed by atoms with Crippen molar-refractivity contribution < 1.29 is 4.74 Å². The average molecular weight is 487 g/mol. The van der Waals surface area contributed by atoms with E-state index in [0.717, 1.165) is 44.1 Å². The second kappa shape index (κ2) is 8.95. The van der Waals surface area contributed by atoms with Crippen LogP contribution >= 0.6 is 15.9 Å². The molecule has 4 heteroatoms. The van der Waals surface area contributed by atoms with Crippen LogP contribution in [0.3, 0.4) is 0 Å². The van der Waals surface area contributed by atoms with Gasteiger partial charge in [-0.1, -0.05) is 88.9 Å². The number of hydrogen-bond acceptors (Lipinski definition) is 2. The molecular weight excluding hydrogens is 460 g/mol. The van der Waals surface area contributed by atoms with Gasteiger partial charge < -0.3 is 9.30 Å². The fourth-order valence-electron chi connectivity index (χ4n) is 4.78. The average Bonchev–Trinajstić information content (AvgIpc) is 3.48. The molecule has 1 fully saturated rings. The number of halogens is 1. The van der Waals surface area contributed by atoms with Crippen LogP contribution in [0.25, 0.3) is 33.9 Å². The van der Waals surface area contributed by atoms with E-state index in [1.807, 2.05) is 12.1 Å². The minimum atomic E-state index is 0.426. The second-order valence-electron chi connectivity index (χ2n) is 8.52. The molecule has 162 valence electrons. The largest absolute Gasteiger partial charge is 0.496 e. The lowest BCUT2D eigenvalue weighted by atomic mass is 10.0. The van der Waals surface area contributed by atoms with Crippen molar-refractivity contribution in [3.05, 3.63) is 82.8 Å². The molecule has 1 aromatic heterocycles. The maximum atomic E-state index is 5.83. The fraction of sp³-hybridized carbons (Fsp3) is 0.250.